The Bertz CT molecular complexity index is 306. The van der Waals surface area contributed by atoms with Crippen molar-refractivity contribution < 1.29 is 4.74 Å². The maximum Gasteiger partial charge on any atom is 0.118 e. The molecule has 2 rings (SSSR count). The molecule has 0 aliphatic heterocycles. The van der Waals surface area contributed by atoms with Crippen LogP contribution >= 0.6 is 0 Å². The lowest BCUT2D eigenvalue weighted by molar-refractivity contribution is 0.414. The molecule has 3 N–H and O–H groups in total. The van der Waals surface area contributed by atoms with Crippen LogP contribution < -0.4 is 16.0 Å². The van der Waals surface area contributed by atoms with Crippen LogP contribution in [0.5, 0.6) is 5.75 Å². The van der Waals surface area contributed by atoms with Gasteiger partial charge >= 0.3 is 0 Å². The average Bonchev–Trinajstić information content (AvgIpc) is 3.10. The molecule has 0 amide bonds. The Hall–Kier alpha value is -1.06. The lowest BCUT2D eigenvalue weighted by Crippen LogP contribution is -2.28. The highest BCUT2D eigenvalue weighted by Crippen LogP contribution is 2.37. The number of rotatable bonds is 5. The fraction of sp³-hybridized carbons (Fsp3) is 0.500. The van der Waals surface area contributed by atoms with Crippen LogP contribution in [0.3, 0.4) is 0 Å². The highest BCUT2D eigenvalue weighted by atomic mass is 16.5. The van der Waals surface area contributed by atoms with Gasteiger partial charge in [-0.25, -0.2) is 0 Å². The summed E-state index contributed by atoms with van der Waals surface area (Å²) in [6.45, 7) is 0. The number of methoxy groups -OCH3 is 1. The van der Waals surface area contributed by atoms with Crippen LogP contribution in [0.1, 0.15) is 30.9 Å². The van der Waals surface area contributed by atoms with Gasteiger partial charge in [-0.2, -0.15) is 0 Å². The number of hydrogen-bond donors (Lipinski definition) is 2. The minimum Gasteiger partial charge on any atom is -0.497 e. The summed E-state index contributed by atoms with van der Waals surface area (Å²) in [4.78, 5) is 0. The van der Waals surface area contributed by atoms with Crippen molar-refractivity contribution in [1.29, 1.82) is 0 Å². The second kappa shape index (κ2) is 4.64. The number of nitrogens with two attached hydrogens (primary N) is 1. The molecule has 1 aliphatic carbocycles. The Morgan fingerprint density at radius 1 is 1.40 bits per heavy atom. The third kappa shape index (κ3) is 2.70. The first-order valence-corrected chi connectivity index (χ1v) is 5.43. The van der Waals surface area contributed by atoms with Crippen molar-refractivity contribution >= 4 is 0 Å². The molecule has 1 aromatic carbocycles. The minimum atomic E-state index is 0.281. The minimum absolute atomic E-state index is 0.281. The molecular weight excluding hydrogens is 188 g/mol. The van der Waals surface area contributed by atoms with Gasteiger partial charge < -0.3 is 4.74 Å². The quantitative estimate of drug-likeness (QED) is 0.572. The molecule has 0 radical (unpaired) electrons. The first-order valence-electron chi connectivity index (χ1n) is 5.43. The van der Waals surface area contributed by atoms with Crippen LogP contribution in [0.15, 0.2) is 24.3 Å². The monoisotopic (exact) mass is 206 g/mol. The third-order valence-electron chi connectivity index (χ3n) is 2.99. The Morgan fingerprint density at radius 3 is 2.53 bits per heavy atom. The van der Waals surface area contributed by atoms with Crippen molar-refractivity contribution in [3.8, 4) is 5.75 Å². The van der Waals surface area contributed by atoms with Crippen LogP contribution in [0.4, 0.5) is 0 Å². The molecule has 3 heteroatoms. The van der Waals surface area contributed by atoms with E-state index >= 15 is 0 Å². The fourth-order valence-electron chi connectivity index (χ4n) is 1.82. The van der Waals surface area contributed by atoms with Crippen LogP contribution in [-0.2, 0) is 0 Å². The highest BCUT2D eigenvalue weighted by molar-refractivity contribution is 5.29. The number of nitrogens with one attached hydrogen (secondary N) is 1. The van der Waals surface area contributed by atoms with Gasteiger partial charge in [-0.15, -0.1) is 0 Å². The second-order valence-electron chi connectivity index (χ2n) is 4.17. The SMILES string of the molecule is COc1ccc(C(CC2CC2)NN)cc1. The summed E-state index contributed by atoms with van der Waals surface area (Å²) in [5.74, 6) is 7.33. The van der Waals surface area contributed by atoms with Crippen molar-refractivity contribution in [1.82, 2.24) is 5.43 Å². The molecule has 1 fully saturated rings. The molecule has 0 spiro atoms. The molecule has 1 unspecified atom stereocenters. The van der Waals surface area contributed by atoms with E-state index in [9.17, 15) is 0 Å². The van der Waals surface area contributed by atoms with Crippen LogP contribution in [-0.4, -0.2) is 7.11 Å². The smallest absolute Gasteiger partial charge is 0.118 e. The molecule has 0 heterocycles. The summed E-state index contributed by atoms with van der Waals surface area (Å²) in [5, 5.41) is 0. The lowest BCUT2D eigenvalue weighted by Gasteiger charge is -2.16. The Morgan fingerprint density at radius 2 is 2.07 bits per heavy atom. The van der Waals surface area contributed by atoms with E-state index in [4.69, 9.17) is 10.6 Å². The largest absolute Gasteiger partial charge is 0.497 e. The molecule has 0 bridgehead atoms. The molecular formula is C12H18N2O. The highest BCUT2D eigenvalue weighted by Gasteiger charge is 2.25. The van der Waals surface area contributed by atoms with Gasteiger partial charge in [-0.1, -0.05) is 25.0 Å². The summed E-state index contributed by atoms with van der Waals surface area (Å²) in [7, 11) is 1.68. The summed E-state index contributed by atoms with van der Waals surface area (Å²) in [6.07, 6.45) is 3.85. The molecule has 82 valence electrons. The van der Waals surface area contributed by atoms with Gasteiger partial charge in [0.05, 0.1) is 7.11 Å². The Labute approximate surface area is 90.6 Å². The van der Waals surface area contributed by atoms with Gasteiger partial charge in [0, 0.05) is 6.04 Å². The van der Waals surface area contributed by atoms with Crippen molar-refractivity contribution in [2.45, 2.75) is 25.3 Å². The van der Waals surface area contributed by atoms with Gasteiger partial charge in [0.15, 0.2) is 0 Å². The van der Waals surface area contributed by atoms with Gasteiger partial charge in [-0.3, -0.25) is 11.3 Å². The molecule has 15 heavy (non-hydrogen) atoms. The van der Waals surface area contributed by atoms with E-state index in [-0.39, 0.29) is 6.04 Å². The second-order valence-corrected chi connectivity index (χ2v) is 4.17. The predicted octanol–water partition coefficient (Wildman–Crippen LogP) is 2.00. The summed E-state index contributed by atoms with van der Waals surface area (Å²) < 4.78 is 5.12. The first-order chi connectivity index (χ1) is 7.33. The molecule has 0 aromatic heterocycles. The van der Waals surface area contributed by atoms with Crippen LogP contribution in [0.2, 0.25) is 0 Å². The number of ether oxygens (including phenoxy) is 1. The van der Waals surface area contributed by atoms with Crippen molar-refractivity contribution in [3.05, 3.63) is 29.8 Å². The van der Waals surface area contributed by atoms with E-state index in [2.05, 4.69) is 17.6 Å². The third-order valence-corrected chi connectivity index (χ3v) is 2.99. The molecule has 1 aliphatic rings. The van der Waals surface area contributed by atoms with Gasteiger partial charge in [-0.05, 0) is 30.0 Å². The van der Waals surface area contributed by atoms with Crippen LogP contribution in [0, 0.1) is 5.92 Å². The molecule has 3 nitrogen and oxygen atoms in total. The number of hydrogen-bond acceptors (Lipinski definition) is 3. The summed E-state index contributed by atoms with van der Waals surface area (Å²) in [6, 6.07) is 8.39. The molecule has 1 saturated carbocycles. The summed E-state index contributed by atoms with van der Waals surface area (Å²) in [5.41, 5.74) is 4.13. The van der Waals surface area contributed by atoms with Crippen LogP contribution in [0.25, 0.3) is 0 Å². The molecule has 1 atom stereocenters. The van der Waals surface area contributed by atoms with Gasteiger partial charge in [0.2, 0.25) is 0 Å². The van der Waals surface area contributed by atoms with E-state index in [1.54, 1.807) is 7.11 Å². The van der Waals surface area contributed by atoms with Crippen molar-refractivity contribution in [3.63, 3.8) is 0 Å². The number of benzene rings is 1. The maximum atomic E-state index is 5.57. The average molecular weight is 206 g/mol. The standard InChI is InChI=1S/C12H18N2O/c1-15-11-6-4-10(5-7-11)12(14-13)8-9-2-3-9/h4-7,9,12,14H,2-3,8,13H2,1H3. The fourth-order valence-corrected chi connectivity index (χ4v) is 1.82. The topological polar surface area (TPSA) is 47.3 Å². The number of hydrazine groups is 1. The van der Waals surface area contributed by atoms with E-state index in [1.165, 1.54) is 18.4 Å². The first kappa shape index (κ1) is 10.5. The van der Waals surface area contributed by atoms with Crippen molar-refractivity contribution in [2.75, 3.05) is 7.11 Å². The zero-order valence-corrected chi connectivity index (χ0v) is 9.07. The zero-order chi connectivity index (χ0) is 10.7. The Balaban J connectivity index is 2.03. The van der Waals surface area contributed by atoms with E-state index < -0.39 is 0 Å². The molecule has 1 aromatic rings. The maximum absolute atomic E-state index is 5.57. The van der Waals surface area contributed by atoms with Crippen molar-refractivity contribution in [2.24, 2.45) is 11.8 Å². The summed E-state index contributed by atoms with van der Waals surface area (Å²) >= 11 is 0. The molecule has 0 saturated heterocycles. The van der Waals surface area contributed by atoms with E-state index in [0.717, 1.165) is 18.1 Å². The Kier molecular flexibility index (Phi) is 3.23. The normalized spacial score (nSPS) is 17.5. The lowest BCUT2D eigenvalue weighted by atomic mass is 10.0. The predicted molar refractivity (Wildman–Crippen MR) is 60.4 cm³/mol. The zero-order valence-electron chi connectivity index (χ0n) is 9.07. The van der Waals surface area contributed by atoms with E-state index in [1.807, 2.05) is 12.1 Å². The van der Waals surface area contributed by atoms with E-state index in [0.29, 0.717) is 0 Å². The van der Waals surface area contributed by atoms with Gasteiger partial charge in [0.25, 0.3) is 0 Å². The van der Waals surface area contributed by atoms with Gasteiger partial charge in [0.1, 0.15) is 5.75 Å².